The van der Waals surface area contributed by atoms with Crippen molar-refractivity contribution in [2.24, 2.45) is 0 Å². The molecule has 1 aliphatic rings. The highest BCUT2D eigenvalue weighted by molar-refractivity contribution is 6.04. The Balaban J connectivity index is 1.93. The number of fused-ring (bicyclic) bond motifs is 1. The third-order valence-corrected chi connectivity index (χ3v) is 3.74. The van der Waals surface area contributed by atoms with Gasteiger partial charge in [-0.25, -0.2) is 4.39 Å². The van der Waals surface area contributed by atoms with E-state index >= 15 is 0 Å². The fourth-order valence-electron chi connectivity index (χ4n) is 2.97. The molecule has 1 aromatic carbocycles. The third-order valence-electron chi connectivity index (χ3n) is 3.74. The Labute approximate surface area is 132 Å². The number of nitrogens with zero attached hydrogens (tertiary/aromatic N) is 3. The fraction of sp³-hybridized carbons (Fsp3) is 0.533. The van der Waals surface area contributed by atoms with Crippen LogP contribution < -0.4 is 0 Å². The topological polar surface area (TPSA) is 80.3 Å². The number of carbonyl (C=O) groups is 1. The summed E-state index contributed by atoms with van der Waals surface area (Å²) in [7, 11) is 1.59. The van der Waals surface area contributed by atoms with Gasteiger partial charge in [-0.3, -0.25) is 4.79 Å². The lowest BCUT2D eigenvalue weighted by Crippen LogP contribution is -2.55. The summed E-state index contributed by atoms with van der Waals surface area (Å²) in [5.74, 6) is -0.809. The number of methoxy groups -OCH3 is 1. The number of aromatic nitrogens is 3. The number of halogens is 1. The molecule has 2 heterocycles. The van der Waals surface area contributed by atoms with Crippen LogP contribution in [0.2, 0.25) is 0 Å². The first kappa shape index (κ1) is 15.8. The zero-order chi connectivity index (χ0) is 16.6. The van der Waals surface area contributed by atoms with Crippen molar-refractivity contribution >= 4 is 16.9 Å². The molecule has 1 fully saturated rings. The summed E-state index contributed by atoms with van der Waals surface area (Å²) in [5.41, 5.74) is 0.383. The summed E-state index contributed by atoms with van der Waals surface area (Å²) in [6.45, 7) is 4.99. The van der Waals surface area contributed by atoms with Crippen LogP contribution in [0.5, 0.6) is 0 Å². The van der Waals surface area contributed by atoms with Gasteiger partial charge in [0.15, 0.2) is 0 Å². The highest BCUT2D eigenvalue weighted by Crippen LogP contribution is 2.25. The van der Waals surface area contributed by atoms with Gasteiger partial charge in [0.25, 0.3) is 5.91 Å². The van der Waals surface area contributed by atoms with Crippen molar-refractivity contribution in [1.82, 2.24) is 20.3 Å². The van der Waals surface area contributed by atoms with Crippen molar-refractivity contribution in [3.05, 3.63) is 23.5 Å². The number of amides is 1. The van der Waals surface area contributed by atoms with E-state index in [0.29, 0.717) is 30.7 Å². The molecule has 2 aromatic rings. The Hall–Kier alpha value is -2.06. The van der Waals surface area contributed by atoms with Gasteiger partial charge < -0.3 is 14.4 Å². The molecule has 1 N–H and O–H groups in total. The summed E-state index contributed by atoms with van der Waals surface area (Å²) in [5, 5.41) is 10.2. The van der Waals surface area contributed by atoms with Crippen LogP contribution in [0.15, 0.2) is 12.1 Å². The summed E-state index contributed by atoms with van der Waals surface area (Å²) < 4.78 is 24.8. The number of H-pyrrole nitrogens is 1. The van der Waals surface area contributed by atoms with Gasteiger partial charge in [-0.15, -0.1) is 0 Å². The number of morpholine rings is 1. The number of nitrogens with one attached hydrogen (secondary N) is 1. The number of carbonyl (C=O) groups excluding carboxylic acids is 1. The maximum atomic E-state index is 13.8. The second-order valence-electron chi connectivity index (χ2n) is 6.29. The quantitative estimate of drug-likeness (QED) is 0.923. The Bertz CT molecular complexity index is 731. The first-order valence-corrected chi connectivity index (χ1v) is 7.36. The molecule has 1 amide bonds. The molecule has 0 spiro atoms. The van der Waals surface area contributed by atoms with Crippen LogP contribution >= 0.6 is 0 Å². The van der Waals surface area contributed by atoms with Crippen LogP contribution in [0.1, 0.15) is 24.2 Å². The molecule has 1 saturated heterocycles. The second-order valence-corrected chi connectivity index (χ2v) is 6.29. The van der Waals surface area contributed by atoms with E-state index in [1.165, 1.54) is 12.1 Å². The van der Waals surface area contributed by atoms with Crippen molar-refractivity contribution in [2.75, 3.05) is 26.8 Å². The average Bonchev–Trinajstić information content (AvgIpc) is 2.92. The lowest BCUT2D eigenvalue weighted by molar-refractivity contribution is -0.143. The van der Waals surface area contributed by atoms with Gasteiger partial charge >= 0.3 is 0 Å². The lowest BCUT2D eigenvalue weighted by atomic mass is 10.0. The van der Waals surface area contributed by atoms with Crippen molar-refractivity contribution in [2.45, 2.75) is 25.6 Å². The van der Waals surface area contributed by atoms with Gasteiger partial charge in [-0.05, 0) is 19.9 Å². The molecule has 0 bridgehead atoms. The maximum Gasteiger partial charge on any atom is 0.256 e. The Kier molecular flexibility index (Phi) is 4.03. The number of aromatic amines is 1. The van der Waals surface area contributed by atoms with Crippen LogP contribution in [0.3, 0.4) is 0 Å². The molecular weight excluding hydrogens is 303 g/mol. The predicted molar refractivity (Wildman–Crippen MR) is 80.6 cm³/mol. The van der Waals surface area contributed by atoms with Crippen LogP contribution in [0.25, 0.3) is 11.0 Å². The molecule has 7 nitrogen and oxygen atoms in total. The fourth-order valence-corrected chi connectivity index (χ4v) is 2.97. The van der Waals surface area contributed by atoms with E-state index in [4.69, 9.17) is 9.47 Å². The number of rotatable bonds is 3. The van der Waals surface area contributed by atoms with E-state index in [1.807, 2.05) is 13.8 Å². The van der Waals surface area contributed by atoms with Crippen molar-refractivity contribution in [3.8, 4) is 0 Å². The number of benzene rings is 1. The van der Waals surface area contributed by atoms with Gasteiger partial charge in [-0.2, -0.15) is 15.4 Å². The number of hydrogen-bond donors (Lipinski definition) is 1. The third kappa shape index (κ3) is 3.18. The molecule has 124 valence electrons. The van der Waals surface area contributed by atoms with Crippen molar-refractivity contribution in [1.29, 1.82) is 0 Å². The first-order valence-electron chi connectivity index (χ1n) is 7.36. The molecule has 0 saturated carbocycles. The van der Waals surface area contributed by atoms with E-state index in [0.717, 1.165) is 0 Å². The molecule has 0 aliphatic carbocycles. The largest absolute Gasteiger partial charge is 0.382 e. The van der Waals surface area contributed by atoms with Crippen LogP contribution in [-0.2, 0) is 9.47 Å². The summed E-state index contributed by atoms with van der Waals surface area (Å²) in [6, 6.07) is 2.44. The SMILES string of the molecule is COCC1CN(C(=O)c2cc(F)cc3n[nH]nc23)CC(C)(C)O1. The summed E-state index contributed by atoms with van der Waals surface area (Å²) >= 11 is 0. The van der Waals surface area contributed by atoms with Gasteiger partial charge in [0.05, 0.1) is 23.9 Å². The molecule has 23 heavy (non-hydrogen) atoms. The zero-order valence-corrected chi connectivity index (χ0v) is 13.3. The Morgan fingerprint density at radius 3 is 3.04 bits per heavy atom. The standard InChI is InChI=1S/C15H19FN4O3/c1-15(2)8-20(6-10(23-15)7-22-3)14(21)11-4-9(16)5-12-13(11)18-19-17-12/h4-5,10H,6-8H2,1-3H3,(H,17,18,19). The maximum absolute atomic E-state index is 13.8. The minimum atomic E-state index is -0.518. The Morgan fingerprint density at radius 2 is 2.30 bits per heavy atom. The van der Waals surface area contributed by atoms with Crippen molar-refractivity contribution < 1.29 is 18.7 Å². The molecule has 1 atom stereocenters. The van der Waals surface area contributed by atoms with E-state index in [9.17, 15) is 9.18 Å². The molecule has 1 aliphatic heterocycles. The molecule has 0 radical (unpaired) electrons. The smallest absolute Gasteiger partial charge is 0.256 e. The van der Waals surface area contributed by atoms with Gasteiger partial charge in [0.2, 0.25) is 0 Å². The van der Waals surface area contributed by atoms with Gasteiger partial charge in [0, 0.05) is 26.3 Å². The monoisotopic (exact) mass is 322 g/mol. The average molecular weight is 322 g/mol. The number of hydrogen-bond acceptors (Lipinski definition) is 5. The number of ether oxygens (including phenoxy) is 2. The van der Waals surface area contributed by atoms with E-state index < -0.39 is 11.4 Å². The molecule has 1 unspecified atom stereocenters. The summed E-state index contributed by atoms with van der Waals surface area (Å²) in [4.78, 5) is 14.5. The van der Waals surface area contributed by atoms with Crippen LogP contribution in [0.4, 0.5) is 4.39 Å². The van der Waals surface area contributed by atoms with E-state index in [2.05, 4.69) is 15.4 Å². The highest BCUT2D eigenvalue weighted by atomic mass is 19.1. The molecule has 3 rings (SSSR count). The van der Waals surface area contributed by atoms with Crippen LogP contribution in [0, 0.1) is 5.82 Å². The summed E-state index contributed by atoms with van der Waals surface area (Å²) in [6.07, 6.45) is -0.228. The molecule has 8 heteroatoms. The first-order chi connectivity index (χ1) is 10.9. The van der Waals surface area contributed by atoms with E-state index in [1.54, 1.807) is 12.0 Å². The van der Waals surface area contributed by atoms with E-state index in [-0.39, 0.29) is 17.6 Å². The van der Waals surface area contributed by atoms with Gasteiger partial charge in [-0.1, -0.05) is 0 Å². The van der Waals surface area contributed by atoms with Crippen LogP contribution in [-0.4, -0.2) is 64.7 Å². The van der Waals surface area contributed by atoms with Gasteiger partial charge in [0.1, 0.15) is 16.9 Å². The minimum Gasteiger partial charge on any atom is -0.382 e. The molecular formula is C15H19FN4O3. The highest BCUT2D eigenvalue weighted by Gasteiger charge is 2.36. The minimum absolute atomic E-state index is 0.197. The predicted octanol–water partition coefficient (Wildman–Crippen LogP) is 1.36. The van der Waals surface area contributed by atoms with Crippen molar-refractivity contribution in [3.63, 3.8) is 0 Å². The normalized spacial score (nSPS) is 20.9. The molecule has 1 aromatic heterocycles. The Morgan fingerprint density at radius 1 is 1.52 bits per heavy atom. The lowest BCUT2D eigenvalue weighted by Gasteiger charge is -2.42. The second kappa shape index (κ2) is 5.86. The zero-order valence-electron chi connectivity index (χ0n) is 13.3.